The number of aryl methyl sites for hydroxylation is 1. The van der Waals surface area contributed by atoms with Gasteiger partial charge in [0.05, 0.1) is 5.52 Å². The van der Waals surface area contributed by atoms with E-state index >= 15 is 0 Å². The molecule has 8 heteroatoms. The first-order valence-electron chi connectivity index (χ1n) is 5.17. The number of imidazole rings is 1. The first-order valence-corrected chi connectivity index (χ1v) is 6.37. The summed E-state index contributed by atoms with van der Waals surface area (Å²) in [7, 11) is 0. The zero-order valence-corrected chi connectivity index (χ0v) is 11.7. The van der Waals surface area contributed by atoms with Gasteiger partial charge in [0, 0.05) is 10.7 Å². The van der Waals surface area contributed by atoms with Crippen molar-refractivity contribution < 1.29 is 4.52 Å². The Hall–Kier alpha value is -1.54. The van der Waals surface area contributed by atoms with Crippen molar-refractivity contribution >= 4 is 39.3 Å². The minimum absolute atomic E-state index is 0.411. The SMILES string of the molecule is Cc1noc(Cn2c(=S)[nH]c3cc(Br)cnc32)n1. The van der Waals surface area contributed by atoms with Crippen LogP contribution in [0.25, 0.3) is 11.2 Å². The third kappa shape index (κ3) is 1.97. The van der Waals surface area contributed by atoms with Gasteiger partial charge in [-0.3, -0.25) is 4.57 Å². The molecule has 0 aromatic carbocycles. The molecule has 0 fully saturated rings. The molecule has 6 nitrogen and oxygen atoms in total. The van der Waals surface area contributed by atoms with Crippen LogP contribution in [0.1, 0.15) is 11.7 Å². The molecule has 0 aliphatic carbocycles. The van der Waals surface area contributed by atoms with Gasteiger partial charge in [0.1, 0.15) is 6.54 Å². The van der Waals surface area contributed by atoms with Crippen molar-refractivity contribution in [2.75, 3.05) is 0 Å². The van der Waals surface area contributed by atoms with E-state index < -0.39 is 0 Å². The van der Waals surface area contributed by atoms with Crippen LogP contribution in [-0.2, 0) is 6.54 Å². The standard InChI is InChI=1S/C10H8BrN5OS/c1-5-13-8(17-15-5)4-16-9-7(14-10(16)18)2-6(11)3-12-9/h2-3H,4H2,1H3,(H,14,18). The van der Waals surface area contributed by atoms with Crippen LogP contribution in [0.3, 0.4) is 0 Å². The van der Waals surface area contributed by atoms with Crippen molar-refractivity contribution in [2.45, 2.75) is 13.5 Å². The van der Waals surface area contributed by atoms with Crippen LogP contribution in [0.2, 0.25) is 0 Å². The Balaban J connectivity index is 2.11. The number of hydrogen-bond donors (Lipinski definition) is 1. The Bertz CT molecular complexity index is 774. The molecule has 1 N–H and O–H groups in total. The average molecular weight is 326 g/mol. The third-order valence-electron chi connectivity index (χ3n) is 2.44. The van der Waals surface area contributed by atoms with Crippen LogP contribution in [-0.4, -0.2) is 24.7 Å². The maximum atomic E-state index is 5.26. The number of hydrogen-bond acceptors (Lipinski definition) is 5. The number of fused-ring (bicyclic) bond motifs is 1. The van der Waals surface area contributed by atoms with E-state index in [4.69, 9.17) is 16.7 Å². The van der Waals surface area contributed by atoms with E-state index in [9.17, 15) is 0 Å². The largest absolute Gasteiger partial charge is 0.337 e. The minimum atomic E-state index is 0.411. The number of rotatable bonds is 2. The summed E-state index contributed by atoms with van der Waals surface area (Å²) in [4.78, 5) is 11.6. The van der Waals surface area contributed by atoms with Crippen molar-refractivity contribution in [2.24, 2.45) is 0 Å². The molecule has 3 heterocycles. The first-order chi connectivity index (χ1) is 8.63. The molecule has 0 saturated heterocycles. The summed E-state index contributed by atoms with van der Waals surface area (Å²) in [5, 5.41) is 3.75. The zero-order chi connectivity index (χ0) is 12.7. The number of aromatic nitrogens is 5. The van der Waals surface area contributed by atoms with Crippen LogP contribution < -0.4 is 0 Å². The fourth-order valence-corrected chi connectivity index (χ4v) is 2.30. The molecule has 0 unspecified atom stereocenters. The quantitative estimate of drug-likeness (QED) is 0.733. The van der Waals surface area contributed by atoms with Crippen LogP contribution in [0, 0.1) is 11.7 Å². The molecule has 92 valence electrons. The monoisotopic (exact) mass is 325 g/mol. The van der Waals surface area contributed by atoms with E-state index in [2.05, 4.69) is 36.0 Å². The maximum Gasteiger partial charge on any atom is 0.246 e. The molecule has 0 atom stereocenters. The Morgan fingerprint density at radius 1 is 1.56 bits per heavy atom. The van der Waals surface area contributed by atoms with Gasteiger partial charge in [0.25, 0.3) is 0 Å². The highest BCUT2D eigenvalue weighted by Crippen LogP contribution is 2.17. The lowest BCUT2D eigenvalue weighted by molar-refractivity contribution is 0.368. The Labute approximate surface area is 115 Å². The molecule has 0 saturated carbocycles. The summed E-state index contributed by atoms with van der Waals surface area (Å²) >= 11 is 8.63. The third-order valence-corrected chi connectivity index (χ3v) is 3.19. The molecule has 0 spiro atoms. The number of aromatic amines is 1. The van der Waals surface area contributed by atoms with Crippen LogP contribution >= 0.6 is 28.1 Å². The molecule has 0 aliphatic rings. The fraction of sp³-hybridized carbons (Fsp3) is 0.200. The lowest BCUT2D eigenvalue weighted by atomic mass is 10.4. The number of pyridine rings is 1. The summed E-state index contributed by atoms with van der Waals surface area (Å²) in [6, 6.07) is 1.92. The van der Waals surface area contributed by atoms with Crippen molar-refractivity contribution in [1.82, 2.24) is 24.7 Å². The van der Waals surface area contributed by atoms with E-state index in [-0.39, 0.29) is 0 Å². The molecule has 0 bridgehead atoms. The smallest absolute Gasteiger partial charge is 0.246 e. The molecule has 3 rings (SSSR count). The molecular weight excluding hydrogens is 318 g/mol. The van der Waals surface area contributed by atoms with E-state index in [0.29, 0.717) is 23.0 Å². The van der Waals surface area contributed by atoms with Crippen molar-refractivity contribution in [3.05, 3.63) is 33.2 Å². The number of nitrogens with one attached hydrogen (secondary N) is 1. The predicted molar refractivity (Wildman–Crippen MR) is 70.8 cm³/mol. The maximum absolute atomic E-state index is 5.26. The molecule has 0 amide bonds. The van der Waals surface area contributed by atoms with Crippen LogP contribution in [0.15, 0.2) is 21.3 Å². The van der Waals surface area contributed by atoms with Gasteiger partial charge < -0.3 is 9.51 Å². The fourth-order valence-electron chi connectivity index (χ4n) is 1.70. The Morgan fingerprint density at radius 3 is 3.11 bits per heavy atom. The number of nitrogens with zero attached hydrogens (tertiary/aromatic N) is 4. The summed E-state index contributed by atoms with van der Waals surface area (Å²) in [6.07, 6.45) is 1.72. The van der Waals surface area contributed by atoms with Gasteiger partial charge >= 0.3 is 0 Å². The summed E-state index contributed by atoms with van der Waals surface area (Å²) in [6.45, 7) is 2.19. The predicted octanol–water partition coefficient (Wildman–Crippen LogP) is 2.60. The van der Waals surface area contributed by atoms with Crippen molar-refractivity contribution in [1.29, 1.82) is 0 Å². The molecule has 3 aromatic rings. The molecular formula is C10H8BrN5OS. The van der Waals surface area contributed by atoms with Gasteiger partial charge in [-0.05, 0) is 41.1 Å². The second-order valence-electron chi connectivity index (χ2n) is 3.78. The van der Waals surface area contributed by atoms with E-state index in [0.717, 1.165) is 15.6 Å². The first kappa shape index (κ1) is 11.5. The van der Waals surface area contributed by atoms with Gasteiger partial charge in [0.15, 0.2) is 16.2 Å². The lowest BCUT2D eigenvalue weighted by Crippen LogP contribution is -2.01. The van der Waals surface area contributed by atoms with E-state index in [1.165, 1.54) is 0 Å². The topological polar surface area (TPSA) is 72.5 Å². The van der Waals surface area contributed by atoms with Gasteiger partial charge in [-0.25, -0.2) is 4.98 Å². The number of H-pyrrole nitrogens is 1. The highest BCUT2D eigenvalue weighted by molar-refractivity contribution is 9.10. The van der Waals surface area contributed by atoms with Gasteiger partial charge in [-0.15, -0.1) is 0 Å². The van der Waals surface area contributed by atoms with E-state index in [1.54, 1.807) is 13.1 Å². The van der Waals surface area contributed by atoms with E-state index in [1.807, 2.05) is 10.6 Å². The van der Waals surface area contributed by atoms with Crippen molar-refractivity contribution in [3.8, 4) is 0 Å². The normalized spacial score (nSPS) is 11.2. The van der Waals surface area contributed by atoms with Gasteiger partial charge in [-0.2, -0.15) is 4.98 Å². The summed E-state index contributed by atoms with van der Waals surface area (Å²) in [5.74, 6) is 1.11. The summed E-state index contributed by atoms with van der Waals surface area (Å²) in [5.41, 5.74) is 1.63. The Morgan fingerprint density at radius 2 is 2.39 bits per heavy atom. The second kappa shape index (κ2) is 4.29. The average Bonchev–Trinajstić information content (AvgIpc) is 2.84. The van der Waals surface area contributed by atoms with Crippen LogP contribution in [0.4, 0.5) is 0 Å². The highest BCUT2D eigenvalue weighted by Gasteiger charge is 2.10. The van der Waals surface area contributed by atoms with Gasteiger partial charge in [0.2, 0.25) is 5.89 Å². The van der Waals surface area contributed by atoms with Gasteiger partial charge in [-0.1, -0.05) is 5.16 Å². The molecule has 3 aromatic heterocycles. The highest BCUT2D eigenvalue weighted by atomic mass is 79.9. The molecule has 0 aliphatic heterocycles. The van der Waals surface area contributed by atoms with Crippen LogP contribution in [0.5, 0.6) is 0 Å². The number of halogens is 1. The van der Waals surface area contributed by atoms with Crippen molar-refractivity contribution in [3.63, 3.8) is 0 Å². The second-order valence-corrected chi connectivity index (χ2v) is 5.08. The summed E-state index contributed by atoms with van der Waals surface area (Å²) < 4.78 is 8.38. The lowest BCUT2D eigenvalue weighted by Gasteiger charge is -1.99. The minimum Gasteiger partial charge on any atom is -0.337 e. The molecule has 0 radical (unpaired) electrons. The Kier molecular flexibility index (Phi) is 2.75. The zero-order valence-electron chi connectivity index (χ0n) is 9.35. The molecule has 18 heavy (non-hydrogen) atoms.